The lowest BCUT2D eigenvalue weighted by Gasteiger charge is -2.44. The Morgan fingerprint density at radius 3 is 2.18 bits per heavy atom. The number of anilines is 1. The molecule has 0 saturated carbocycles. The molecule has 2 aliphatic heterocycles. The molecule has 0 unspecified atom stereocenters. The van der Waals surface area contributed by atoms with E-state index in [4.69, 9.17) is 19.3 Å². The average Bonchev–Trinajstić information content (AvgIpc) is 3.65. The Morgan fingerprint density at radius 1 is 0.982 bits per heavy atom. The average molecular weight is 817 g/mol. The Labute approximate surface area is 334 Å². The predicted octanol–water partition coefficient (Wildman–Crippen LogP) is 4.00. The van der Waals surface area contributed by atoms with Crippen LogP contribution in [-0.2, 0) is 29.6 Å². The molecular weight excluding hydrogens is 749 g/mol. The molecule has 0 spiro atoms. The monoisotopic (exact) mass is 816 g/mol. The molecular formula is C40H68N6O8Si2. The summed E-state index contributed by atoms with van der Waals surface area (Å²) < 4.78 is 22.3. The molecule has 3 heterocycles. The van der Waals surface area contributed by atoms with E-state index in [1.165, 1.54) is 16.8 Å². The zero-order valence-electron chi connectivity index (χ0n) is 35.6. The summed E-state index contributed by atoms with van der Waals surface area (Å²) >= 11 is 0. The molecule has 4 rings (SSSR count). The van der Waals surface area contributed by atoms with Crippen molar-refractivity contribution in [3.05, 3.63) is 62.9 Å². The standard InChI is InChI=1S/C40H68N6O8Si2/c1-25(2)24-27(41)35(49)43-21-15-20-42-30(36(50)45-22-18-26-16-13-14-17-28(26)45)31(48)32-33(53-55(9,10)39(3,4)5)34(54-56(11,12)40(6,7)8)37(52-32)46-23-19-29(47)44-38(46)51/h13-14,16-17,19,23,25,27,30-34,37,42,48H,15,18,20-22,24,41H2,1-12H3,(H,43,49)(H,44,47,51)/t27-,30-,31+,32+,33+,34+,37+/m0/s1. The summed E-state index contributed by atoms with van der Waals surface area (Å²) in [5.41, 5.74) is 6.65. The van der Waals surface area contributed by atoms with Crippen LogP contribution in [0.2, 0.25) is 36.3 Å². The van der Waals surface area contributed by atoms with Gasteiger partial charge in [-0.05, 0) is 79.6 Å². The molecule has 14 nitrogen and oxygen atoms in total. The first kappa shape index (κ1) is 45.7. The molecule has 2 aromatic rings. The number of hydrogen-bond donors (Lipinski definition) is 5. The second-order valence-electron chi connectivity index (χ2n) is 18.9. The van der Waals surface area contributed by atoms with Crippen molar-refractivity contribution in [1.82, 2.24) is 20.2 Å². The molecule has 6 N–H and O–H groups in total. The number of ether oxygens (including phenoxy) is 1. The molecule has 0 aliphatic carbocycles. The van der Waals surface area contributed by atoms with Gasteiger partial charge in [0, 0.05) is 31.0 Å². The molecule has 1 fully saturated rings. The predicted molar refractivity (Wildman–Crippen MR) is 225 cm³/mol. The van der Waals surface area contributed by atoms with Gasteiger partial charge in [0.25, 0.3) is 5.56 Å². The summed E-state index contributed by atoms with van der Waals surface area (Å²) in [6.45, 7) is 26.1. The van der Waals surface area contributed by atoms with Crippen molar-refractivity contribution in [3.8, 4) is 0 Å². The Kier molecular flexibility index (Phi) is 14.6. The van der Waals surface area contributed by atoms with Crippen LogP contribution in [-0.4, -0.2) is 99.2 Å². The van der Waals surface area contributed by atoms with Crippen LogP contribution in [0.15, 0.2) is 46.1 Å². The Bertz CT molecular complexity index is 1780. The lowest BCUT2D eigenvalue weighted by molar-refractivity contribution is -0.131. The van der Waals surface area contributed by atoms with Crippen LogP contribution in [0.3, 0.4) is 0 Å². The minimum Gasteiger partial charge on any atom is -0.408 e. The first-order valence-corrected chi connectivity index (χ1v) is 25.8. The topological polar surface area (TPSA) is 190 Å². The summed E-state index contributed by atoms with van der Waals surface area (Å²) in [5.74, 6) is -0.300. The Hall–Kier alpha value is -2.97. The van der Waals surface area contributed by atoms with Gasteiger partial charge in [0.1, 0.15) is 30.5 Å². The number of H-pyrrole nitrogens is 1. The number of aliphatic hydroxyl groups is 1. The van der Waals surface area contributed by atoms with Crippen LogP contribution < -0.4 is 32.5 Å². The third kappa shape index (κ3) is 10.6. The molecule has 2 aliphatic rings. The van der Waals surface area contributed by atoms with Crippen LogP contribution in [0.1, 0.15) is 80.0 Å². The fourth-order valence-electron chi connectivity index (χ4n) is 6.67. The number of carbonyl (C=O) groups is 2. The van der Waals surface area contributed by atoms with Crippen molar-refractivity contribution in [2.75, 3.05) is 24.5 Å². The number of aromatic amines is 1. The summed E-state index contributed by atoms with van der Waals surface area (Å²) in [6.07, 6.45) is -2.46. The first-order chi connectivity index (χ1) is 25.9. The third-order valence-corrected chi connectivity index (χ3v) is 20.9. The Balaban J connectivity index is 1.76. The molecule has 7 atom stereocenters. The van der Waals surface area contributed by atoms with Crippen molar-refractivity contribution in [1.29, 1.82) is 0 Å². The van der Waals surface area contributed by atoms with E-state index in [1.807, 2.05) is 38.1 Å². The minimum absolute atomic E-state index is 0.235. The molecule has 56 heavy (non-hydrogen) atoms. The number of aromatic nitrogens is 2. The summed E-state index contributed by atoms with van der Waals surface area (Å²) in [6, 6.07) is 7.17. The maximum Gasteiger partial charge on any atom is 0.330 e. The molecule has 314 valence electrons. The van der Waals surface area contributed by atoms with E-state index in [9.17, 15) is 24.3 Å². The van der Waals surface area contributed by atoms with Gasteiger partial charge in [-0.1, -0.05) is 73.6 Å². The van der Waals surface area contributed by atoms with Crippen LogP contribution in [0, 0.1) is 5.92 Å². The number of carbonyl (C=O) groups excluding carboxylic acids is 2. The number of nitrogens with zero attached hydrogens (tertiary/aromatic N) is 2. The third-order valence-electron chi connectivity index (χ3n) is 12.0. The fraction of sp³-hybridized carbons (Fsp3) is 0.700. The number of nitrogens with one attached hydrogen (secondary N) is 3. The van der Waals surface area contributed by atoms with Crippen LogP contribution in [0.5, 0.6) is 0 Å². The maximum absolute atomic E-state index is 14.7. The fourth-order valence-corrected chi connectivity index (χ4v) is 9.25. The van der Waals surface area contributed by atoms with E-state index in [-0.39, 0.29) is 34.4 Å². The van der Waals surface area contributed by atoms with Gasteiger partial charge < -0.3 is 40.0 Å². The van der Waals surface area contributed by atoms with Crippen LogP contribution in [0.25, 0.3) is 0 Å². The van der Waals surface area contributed by atoms with E-state index in [2.05, 4.69) is 83.3 Å². The number of fused-ring (bicyclic) bond motifs is 1. The molecule has 1 aromatic heterocycles. The van der Waals surface area contributed by atoms with Gasteiger partial charge >= 0.3 is 5.69 Å². The number of aliphatic hydroxyl groups excluding tert-OH is 1. The van der Waals surface area contributed by atoms with E-state index >= 15 is 0 Å². The second kappa shape index (κ2) is 17.9. The van der Waals surface area contributed by atoms with Gasteiger partial charge in [-0.25, -0.2) is 4.79 Å². The summed E-state index contributed by atoms with van der Waals surface area (Å²) in [5, 5.41) is 18.3. The van der Waals surface area contributed by atoms with Gasteiger partial charge in [-0.15, -0.1) is 0 Å². The van der Waals surface area contributed by atoms with Crippen molar-refractivity contribution in [2.24, 2.45) is 11.7 Å². The SMILES string of the molecule is CC(C)C[C@H](N)C(=O)NCCCN[C@H](C(=O)N1CCc2ccccc21)[C@@H](O)[C@H]1O[C@@H](n2ccc(=O)[nH]c2=O)[C@H](O[Si](C)(C)C(C)(C)C)[C@@H]1O[Si](C)(C)C(C)(C)C. The molecule has 2 amide bonds. The van der Waals surface area contributed by atoms with Crippen LogP contribution >= 0.6 is 0 Å². The molecule has 0 radical (unpaired) electrons. The first-order valence-electron chi connectivity index (χ1n) is 20.0. The van der Waals surface area contributed by atoms with Gasteiger partial charge in [0.05, 0.1) is 6.04 Å². The quantitative estimate of drug-likeness (QED) is 0.122. The van der Waals surface area contributed by atoms with E-state index in [0.29, 0.717) is 32.4 Å². The lowest BCUT2D eigenvalue weighted by atomic mass is 9.98. The Morgan fingerprint density at radius 2 is 1.59 bits per heavy atom. The number of nitrogens with two attached hydrogens (primary N) is 1. The van der Waals surface area contributed by atoms with Crippen molar-refractivity contribution in [2.45, 2.75) is 154 Å². The number of para-hydroxylation sites is 1. The molecule has 1 saturated heterocycles. The normalized spacial score (nSPS) is 22.2. The number of hydrogen-bond acceptors (Lipinski definition) is 10. The molecule has 1 aromatic carbocycles. The van der Waals surface area contributed by atoms with Gasteiger partial charge in [0.2, 0.25) is 11.8 Å². The zero-order chi connectivity index (χ0) is 42.0. The number of amides is 2. The molecule has 16 heteroatoms. The molecule has 0 bridgehead atoms. The van der Waals surface area contributed by atoms with Gasteiger partial charge in [-0.2, -0.15) is 0 Å². The number of benzene rings is 1. The maximum atomic E-state index is 14.7. The second-order valence-corrected chi connectivity index (χ2v) is 28.4. The number of rotatable bonds is 16. The highest BCUT2D eigenvalue weighted by atomic mass is 28.4. The van der Waals surface area contributed by atoms with Crippen molar-refractivity contribution >= 4 is 34.1 Å². The van der Waals surface area contributed by atoms with Crippen LogP contribution in [0.4, 0.5) is 5.69 Å². The highest BCUT2D eigenvalue weighted by molar-refractivity contribution is 6.74. The summed E-state index contributed by atoms with van der Waals surface area (Å²) in [4.78, 5) is 57.0. The van der Waals surface area contributed by atoms with Gasteiger partial charge in [-0.3, -0.25) is 23.9 Å². The largest absolute Gasteiger partial charge is 0.408 e. The van der Waals surface area contributed by atoms with E-state index in [0.717, 1.165) is 11.3 Å². The highest BCUT2D eigenvalue weighted by Crippen LogP contribution is 2.46. The van der Waals surface area contributed by atoms with E-state index in [1.54, 1.807) is 4.90 Å². The highest BCUT2D eigenvalue weighted by Gasteiger charge is 2.57. The van der Waals surface area contributed by atoms with Gasteiger partial charge in [0.15, 0.2) is 22.9 Å². The van der Waals surface area contributed by atoms with Crippen molar-refractivity contribution in [3.63, 3.8) is 0 Å². The van der Waals surface area contributed by atoms with E-state index < -0.39 is 70.6 Å². The lowest BCUT2D eigenvalue weighted by Crippen LogP contribution is -2.60. The zero-order valence-corrected chi connectivity index (χ0v) is 37.6. The summed E-state index contributed by atoms with van der Waals surface area (Å²) in [7, 11) is -5.26. The van der Waals surface area contributed by atoms with Crippen molar-refractivity contribution < 1.29 is 28.3 Å². The minimum atomic E-state index is -2.64. The smallest absolute Gasteiger partial charge is 0.330 e.